The van der Waals surface area contributed by atoms with Crippen LogP contribution in [0.2, 0.25) is 0 Å². The van der Waals surface area contributed by atoms with Crippen molar-refractivity contribution in [3.8, 4) is 11.5 Å². The Hall–Kier alpha value is -3.59. The molecular formula is C20H19F6N7O2. The summed E-state index contributed by atoms with van der Waals surface area (Å²) in [5.41, 5.74) is -4.41. The van der Waals surface area contributed by atoms with Gasteiger partial charge in [0.1, 0.15) is 17.1 Å². The molecule has 0 aliphatic carbocycles. The third-order valence-electron chi connectivity index (χ3n) is 4.79. The minimum atomic E-state index is -4.77. The van der Waals surface area contributed by atoms with Gasteiger partial charge in [-0.2, -0.15) is 41.3 Å². The monoisotopic (exact) mass is 503 g/mol. The zero-order valence-corrected chi connectivity index (χ0v) is 18.4. The molecule has 0 aliphatic rings. The number of nitrogens with one attached hydrogen (secondary N) is 1. The average Bonchev–Trinajstić information content (AvgIpc) is 2.76. The van der Waals surface area contributed by atoms with Crippen LogP contribution in [-0.2, 0) is 12.4 Å². The lowest BCUT2D eigenvalue weighted by Gasteiger charge is -2.32. The first-order chi connectivity index (χ1) is 16.1. The van der Waals surface area contributed by atoms with Gasteiger partial charge in [-0.05, 0) is 45.0 Å². The van der Waals surface area contributed by atoms with E-state index in [0.29, 0.717) is 11.1 Å². The van der Waals surface area contributed by atoms with Gasteiger partial charge in [-0.25, -0.2) is 10.0 Å². The standard InChI is InChI=1S/C20H19F6N7O2/c1-10(18(2,3)34)33(35)17-31-15(12-5-4-6-13(29-12)19(21,22)23)30-16(32-17)28-11-7-8-27-14(9-11)20(24,25)26/h4-10,34-35H,1-3H3,(H,27,28,30,31,32). The number of nitrogens with zero attached hydrogens (tertiary/aromatic N) is 6. The molecule has 3 aromatic rings. The summed E-state index contributed by atoms with van der Waals surface area (Å²) >= 11 is 0. The first-order valence-electron chi connectivity index (χ1n) is 9.87. The van der Waals surface area contributed by atoms with Gasteiger partial charge in [-0.1, -0.05) is 6.07 Å². The van der Waals surface area contributed by atoms with Crippen molar-refractivity contribution in [3.63, 3.8) is 0 Å². The fourth-order valence-corrected chi connectivity index (χ4v) is 2.62. The lowest BCUT2D eigenvalue weighted by Crippen LogP contribution is -2.46. The van der Waals surface area contributed by atoms with Gasteiger partial charge in [0.25, 0.3) is 5.95 Å². The Bertz CT molecular complexity index is 1200. The Kier molecular flexibility index (Phi) is 6.86. The van der Waals surface area contributed by atoms with Crippen LogP contribution >= 0.6 is 0 Å². The van der Waals surface area contributed by atoms with Crippen molar-refractivity contribution in [2.24, 2.45) is 0 Å². The summed E-state index contributed by atoms with van der Waals surface area (Å²) in [4.78, 5) is 18.5. The Morgan fingerprint density at radius 2 is 1.57 bits per heavy atom. The molecule has 0 spiro atoms. The summed E-state index contributed by atoms with van der Waals surface area (Å²) in [6.45, 7) is 4.18. The van der Waals surface area contributed by atoms with Crippen molar-refractivity contribution in [1.82, 2.24) is 24.9 Å². The Morgan fingerprint density at radius 1 is 0.914 bits per heavy atom. The van der Waals surface area contributed by atoms with Gasteiger partial charge in [-0.3, -0.25) is 10.2 Å². The van der Waals surface area contributed by atoms with E-state index in [2.05, 4.69) is 30.2 Å². The second-order valence-electron chi connectivity index (χ2n) is 7.92. The number of hydroxylamine groups is 1. The Balaban J connectivity index is 2.11. The molecule has 1 atom stereocenters. The first kappa shape index (κ1) is 26.0. The highest BCUT2D eigenvalue weighted by Gasteiger charge is 2.34. The highest BCUT2D eigenvalue weighted by Crippen LogP contribution is 2.31. The Morgan fingerprint density at radius 3 is 2.17 bits per heavy atom. The van der Waals surface area contributed by atoms with Crippen LogP contribution in [0.3, 0.4) is 0 Å². The summed E-state index contributed by atoms with van der Waals surface area (Å²) in [6, 6.07) is 3.80. The van der Waals surface area contributed by atoms with Gasteiger partial charge < -0.3 is 10.4 Å². The minimum absolute atomic E-state index is 0.146. The summed E-state index contributed by atoms with van der Waals surface area (Å²) in [7, 11) is 0. The highest BCUT2D eigenvalue weighted by molar-refractivity contribution is 5.59. The predicted octanol–water partition coefficient (Wildman–Crippen LogP) is 4.46. The van der Waals surface area contributed by atoms with E-state index < -0.39 is 53.1 Å². The topological polar surface area (TPSA) is 120 Å². The molecule has 0 aromatic carbocycles. The molecule has 0 aliphatic heterocycles. The van der Waals surface area contributed by atoms with E-state index in [1.807, 2.05) is 0 Å². The van der Waals surface area contributed by atoms with E-state index in [9.17, 15) is 36.7 Å². The molecule has 0 fully saturated rings. The first-order valence-corrected chi connectivity index (χ1v) is 9.87. The van der Waals surface area contributed by atoms with E-state index in [-0.39, 0.29) is 11.4 Å². The van der Waals surface area contributed by atoms with Gasteiger partial charge in [0.15, 0.2) is 5.82 Å². The molecule has 0 bridgehead atoms. The summed E-state index contributed by atoms with van der Waals surface area (Å²) < 4.78 is 78.4. The van der Waals surface area contributed by atoms with Gasteiger partial charge in [0, 0.05) is 11.9 Å². The van der Waals surface area contributed by atoms with Gasteiger partial charge >= 0.3 is 12.4 Å². The fraction of sp³-hybridized carbons (Fsp3) is 0.350. The molecule has 3 aromatic heterocycles. The van der Waals surface area contributed by atoms with Gasteiger partial charge in [0.05, 0.1) is 11.6 Å². The second-order valence-corrected chi connectivity index (χ2v) is 7.92. The number of halogens is 6. The number of pyridine rings is 2. The Labute approximate surface area is 194 Å². The average molecular weight is 503 g/mol. The molecule has 15 heteroatoms. The molecule has 3 heterocycles. The van der Waals surface area contributed by atoms with Crippen LogP contribution in [0.15, 0.2) is 36.5 Å². The van der Waals surface area contributed by atoms with Crippen LogP contribution in [-0.4, -0.2) is 46.9 Å². The van der Waals surface area contributed by atoms with Gasteiger partial charge in [0.2, 0.25) is 5.95 Å². The molecule has 0 saturated heterocycles. The van der Waals surface area contributed by atoms with E-state index in [4.69, 9.17) is 0 Å². The number of hydrogen-bond acceptors (Lipinski definition) is 9. The van der Waals surface area contributed by atoms with Crippen molar-refractivity contribution in [3.05, 3.63) is 47.9 Å². The SMILES string of the molecule is CC(N(O)c1nc(Nc2ccnc(C(F)(F)F)c2)nc(-c2cccc(C(F)(F)F)n2)n1)C(C)(C)O. The van der Waals surface area contributed by atoms with E-state index in [1.54, 1.807) is 0 Å². The predicted molar refractivity (Wildman–Crippen MR) is 111 cm³/mol. The van der Waals surface area contributed by atoms with Crippen LogP contribution in [0.25, 0.3) is 11.5 Å². The molecule has 35 heavy (non-hydrogen) atoms. The van der Waals surface area contributed by atoms with E-state index >= 15 is 0 Å². The maximum atomic E-state index is 13.1. The lowest BCUT2D eigenvalue weighted by molar-refractivity contribution is -0.141. The fourth-order valence-electron chi connectivity index (χ4n) is 2.62. The number of aliphatic hydroxyl groups is 1. The largest absolute Gasteiger partial charge is 0.433 e. The number of anilines is 3. The molecule has 0 amide bonds. The maximum Gasteiger partial charge on any atom is 0.433 e. The number of aromatic nitrogens is 5. The molecule has 9 nitrogen and oxygen atoms in total. The molecule has 188 valence electrons. The number of hydrogen-bond donors (Lipinski definition) is 3. The van der Waals surface area contributed by atoms with Crippen LogP contribution in [0, 0.1) is 0 Å². The zero-order chi connectivity index (χ0) is 26.2. The van der Waals surface area contributed by atoms with Crippen molar-refractivity contribution in [2.45, 2.75) is 44.8 Å². The highest BCUT2D eigenvalue weighted by atomic mass is 19.4. The molecule has 3 rings (SSSR count). The molecule has 0 saturated carbocycles. The smallest absolute Gasteiger partial charge is 0.388 e. The molecule has 1 unspecified atom stereocenters. The van der Waals surface area contributed by atoms with Crippen molar-refractivity contribution in [2.75, 3.05) is 10.4 Å². The number of rotatable bonds is 6. The lowest BCUT2D eigenvalue weighted by atomic mass is 10.0. The second kappa shape index (κ2) is 9.22. The van der Waals surface area contributed by atoms with E-state index in [0.717, 1.165) is 18.3 Å². The minimum Gasteiger partial charge on any atom is -0.388 e. The number of alkyl halides is 6. The van der Waals surface area contributed by atoms with Crippen molar-refractivity contribution < 1.29 is 36.7 Å². The van der Waals surface area contributed by atoms with E-state index in [1.165, 1.54) is 32.9 Å². The van der Waals surface area contributed by atoms with Gasteiger partial charge in [-0.15, -0.1) is 0 Å². The molecular weight excluding hydrogens is 484 g/mol. The quantitative estimate of drug-likeness (QED) is 0.331. The normalized spacial score (nSPS) is 13.5. The third-order valence-corrected chi connectivity index (χ3v) is 4.79. The summed E-state index contributed by atoms with van der Waals surface area (Å²) in [6.07, 6.45) is -8.62. The summed E-state index contributed by atoms with van der Waals surface area (Å²) in [5, 5.41) is 23.7. The van der Waals surface area contributed by atoms with Crippen LogP contribution in [0.4, 0.5) is 43.9 Å². The van der Waals surface area contributed by atoms with Crippen molar-refractivity contribution in [1.29, 1.82) is 0 Å². The van der Waals surface area contributed by atoms with Crippen LogP contribution < -0.4 is 10.4 Å². The molecule has 0 radical (unpaired) electrons. The maximum absolute atomic E-state index is 13.1. The zero-order valence-electron chi connectivity index (χ0n) is 18.4. The summed E-state index contributed by atoms with van der Waals surface area (Å²) in [5.74, 6) is -1.34. The van der Waals surface area contributed by atoms with Crippen LogP contribution in [0.1, 0.15) is 32.2 Å². The third kappa shape index (κ3) is 6.30. The van der Waals surface area contributed by atoms with Crippen molar-refractivity contribution >= 4 is 17.6 Å². The molecule has 3 N–H and O–H groups in total. The van der Waals surface area contributed by atoms with Crippen LogP contribution in [0.5, 0.6) is 0 Å².